The molecule has 0 bridgehead atoms. The zero-order valence-corrected chi connectivity index (χ0v) is 17.2. The summed E-state index contributed by atoms with van der Waals surface area (Å²) in [6.45, 7) is 4.42. The molecule has 0 spiro atoms. The van der Waals surface area contributed by atoms with E-state index in [2.05, 4.69) is 17.2 Å². The van der Waals surface area contributed by atoms with Gasteiger partial charge >= 0.3 is 0 Å². The monoisotopic (exact) mass is 394 g/mol. The minimum atomic E-state index is -0.243. The van der Waals surface area contributed by atoms with Crippen LogP contribution >= 0.6 is 0 Å². The second kappa shape index (κ2) is 8.80. The summed E-state index contributed by atoms with van der Waals surface area (Å²) in [5.41, 5.74) is 3.39. The maximum absolute atomic E-state index is 13.2. The predicted octanol–water partition coefficient (Wildman–Crippen LogP) is 4.05. The fourth-order valence-corrected chi connectivity index (χ4v) is 4.32. The number of carbonyl (C=O) groups is 2. The van der Waals surface area contributed by atoms with Crippen LogP contribution in [0.3, 0.4) is 0 Å². The zero-order valence-electron chi connectivity index (χ0n) is 17.2. The summed E-state index contributed by atoms with van der Waals surface area (Å²) in [4.78, 5) is 32.7. The SMILES string of the molecule is CCc1ccc(NC(=O)c2nc(C(=O)N3CCCCCC3)c3n2CCCC3)cc1. The number of fused-ring (bicyclic) bond motifs is 1. The smallest absolute Gasteiger partial charge is 0.291 e. The van der Waals surface area contributed by atoms with Gasteiger partial charge in [0.25, 0.3) is 11.8 Å². The Morgan fingerprint density at radius 2 is 1.66 bits per heavy atom. The van der Waals surface area contributed by atoms with E-state index in [9.17, 15) is 9.59 Å². The number of nitrogens with one attached hydrogen (secondary N) is 1. The highest BCUT2D eigenvalue weighted by molar-refractivity contribution is 6.03. The first-order valence-corrected chi connectivity index (χ1v) is 11.0. The molecule has 0 aliphatic carbocycles. The Hall–Kier alpha value is -2.63. The first kappa shape index (κ1) is 19.7. The van der Waals surface area contributed by atoms with Crippen molar-refractivity contribution in [3.8, 4) is 0 Å². The van der Waals surface area contributed by atoms with Crippen LogP contribution in [0, 0.1) is 0 Å². The number of rotatable bonds is 4. The van der Waals surface area contributed by atoms with Crippen LogP contribution < -0.4 is 5.32 Å². The number of hydrogen-bond acceptors (Lipinski definition) is 3. The molecule has 154 valence electrons. The number of aromatic nitrogens is 2. The number of imidazole rings is 1. The van der Waals surface area contributed by atoms with Crippen LogP contribution in [0.5, 0.6) is 0 Å². The van der Waals surface area contributed by atoms with Gasteiger partial charge in [0, 0.05) is 25.3 Å². The van der Waals surface area contributed by atoms with E-state index in [1.54, 1.807) is 0 Å². The number of nitrogens with zero attached hydrogens (tertiary/aromatic N) is 3. The van der Waals surface area contributed by atoms with Gasteiger partial charge in [-0.05, 0) is 56.2 Å². The molecule has 6 heteroatoms. The summed E-state index contributed by atoms with van der Waals surface area (Å²) in [7, 11) is 0. The lowest BCUT2D eigenvalue weighted by Gasteiger charge is -2.21. The van der Waals surface area contributed by atoms with Crippen molar-refractivity contribution < 1.29 is 9.59 Å². The molecular formula is C23H30N4O2. The maximum atomic E-state index is 13.2. The Morgan fingerprint density at radius 3 is 2.34 bits per heavy atom. The molecule has 2 aliphatic rings. The fourth-order valence-electron chi connectivity index (χ4n) is 4.32. The highest BCUT2D eigenvalue weighted by Crippen LogP contribution is 2.24. The van der Waals surface area contributed by atoms with Crippen molar-refractivity contribution in [2.75, 3.05) is 18.4 Å². The largest absolute Gasteiger partial charge is 0.337 e. The maximum Gasteiger partial charge on any atom is 0.291 e. The predicted molar refractivity (Wildman–Crippen MR) is 113 cm³/mol. The number of amides is 2. The van der Waals surface area contributed by atoms with E-state index < -0.39 is 0 Å². The van der Waals surface area contributed by atoms with E-state index in [1.165, 1.54) is 18.4 Å². The van der Waals surface area contributed by atoms with Crippen LogP contribution in [0.4, 0.5) is 5.69 Å². The number of hydrogen-bond donors (Lipinski definition) is 1. The van der Waals surface area contributed by atoms with Gasteiger partial charge in [0.15, 0.2) is 5.82 Å². The Balaban J connectivity index is 1.59. The molecular weight excluding hydrogens is 364 g/mol. The zero-order chi connectivity index (χ0) is 20.2. The Labute approximate surface area is 172 Å². The van der Waals surface area contributed by atoms with E-state index in [-0.39, 0.29) is 11.8 Å². The summed E-state index contributed by atoms with van der Waals surface area (Å²) in [5.74, 6) is 0.105. The van der Waals surface area contributed by atoms with Crippen molar-refractivity contribution in [2.24, 2.45) is 0 Å². The molecule has 3 heterocycles. The molecule has 4 rings (SSSR count). The van der Waals surface area contributed by atoms with Crippen LogP contribution in [-0.4, -0.2) is 39.4 Å². The van der Waals surface area contributed by atoms with Crippen molar-refractivity contribution in [1.82, 2.24) is 14.5 Å². The summed E-state index contributed by atoms with van der Waals surface area (Å²) in [6, 6.07) is 7.87. The third kappa shape index (κ3) is 4.21. The molecule has 2 amide bonds. The Bertz CT molecular complexity index is 877. The van der Waals surface area contributed by atoms with Crippen LogP contribution in [-0.2, 0) is 19.4 Å². The van der Waals surface area contributed by atoms with Gasteiger partial charge in [0.05, 0.1) is 5.69 Å². The lowest BCUT2D eigenvalue weighted by molar-refractivity contribution is 0.0754. The third-order valence-electron chi connectivity index (χ3n) is 6.04. The van der Waals surface area contributed by atoms with Gasteiger partial charge in [-0.3, -0.25) is 9.59 Å². The number of likely N-dealkylation sites (tertiary alicyclic amines) is 1. The summed E-state index contributed by atoms with van der Waals surface area (Å²) >= 11 is 0. The first-order valence-electron chi connectivity index (χ1n) is 11.0. The fraction of sp³-hybridized carbons (Fsp3) is 0.522. The van der Waals surface area contributed by atoms with E-state index in [4.69, 9.17) is 0 Å². The van der Waals surface area contributed by atoms with Crippen LogP contribution in [0.25, 0.3) is 0 Å². The molecule has 1 N–H and O–H groups in total. The van der Waals surface area contributed by atoms with Crippen LogP contribution in [0.1, 0.15) is 77.8 Å². The minimum absolute atomic E-state index is 0.0103. The molecule has 0 saturated carbocycles. The van der Waals surface area contributed by atoms with Gasteiger partial charge in [-0.1, -0.05) is 31.9 Å². The number of aryl methyl sites for hydroxylation is 1. The minimum Gasteiger partial charge on any atom is -0.337 e. The second-order valence-corrected chi connectivity index (χ2v) is 8.05. The average Bonchev–Trinajstić information content (AvgIpc) is 2.93. The Kier molecular flexibility index (Phi) is 5.97. The van der Waals surface area contributed by atoms with Gasteiger partial charge < -0.3 is 14.8 Å². The molecule has 1 aromatic carbocycles. The van der Waals surface area contributed by atoms with Crippen LogP contribution in [0.15, 0.2) is 24.3 Å². The molecule has 1 aromatic heterocycles. The van der Waals surface area contributed by atoms with Crippen molar-refractivity contribution >= 4 is 17.5 Å². The molecule has 0 unspecified atom stereocenters. The highest BCUT2D eigenvalue weighted by Gasteiger charge is 2.30. The molecule has 29 heavy (non-hydrogen) atoms. The van der Waals surface area contributed by atoms with Crippen molar-refractivity contribution in [3.63, 3.8) is 0 Å². The van der Waals surface area contributed by atoms with E-state index >= 15 is 0 Å². The van der Waals surface area contributed by atoms with Crippen LogP contribution in [0.2, 0.25) is 0 Å². The van der Waals surface area contributed by atoms with Gasteiger partial charge in [-0.25, -0.2) is 4.98 Å². The molecule has 6 nitrogen and oxygen atoms in total. The number of benzene rings is 1. The van der Waals surface area contributed by atoms with Gasteiger partial charge in [-0.2, -0.15) is 0 Å². The lowest BCUT2D eigenvalue weighted by Crippen LogP contribution is -2.33. The van der Waals surface area contributed by atoms with Gasteiger partial charge in [0.1, 0.15) is 5.69 Å². The lowest BCUT2D eigenvalue weighted by atomic mass is 10.1. The molecule has 1 saturated heterocycles. The molecule has 1 fully saturated rings. The third-order valence-corrected chi connectivity index (χ3v) is 6.04. The standard InChI is InChI=1S/C23H30N4O2/c1-2-17-10-12-18(13-11-17)24-22(28)21-25-20(19-9-5-8-16-27(19)21)23(29)26-14-6-3-4-7-15-26/h10-13H,2-9,14-16H2,1H3,(H,24,28). The molecule has 2 aromatic rings. The van der Waals surface area contributed by atoms with Gasteiger partial charge in [-0.15, -0.1) is 0 Å². The van der Waals surface area contributed by atoms with E-state index in [1.807, 2.05) is 33.7 Å². The first-order chi connectivity index (χ1) is 14.2. The number of carbonyl (C=O) groups excluding carboxylic acids is 2. The quantitative estimate of drug-likeness (QED) is 0.851. The van der Waals surface area contributed by atoms with Crippen molar-refractivity contribution in [3.05, 3.63) is 47.0 Å². The summed E-state index contributed by atoms with van der Waals surface area (Å²) in [6.07, 6.45) is 8.25. The van der Waals surface area contributed by atoms with E-state index in [0.29, 0.717) is 11.5 Å². The van der Waals surface area contributed by atoms with Crippen molar-refractivity contribution in [2.45, 2.75) is 64.8 Å². The second-order valence-electron chi connectivity index (χ2n) is 8.05. The summed E-state index contributed by atoms with van der Waals surface area (Å²) in [5, 5.41) is 2.95. The topological polar surface area (TPSA) is 67.2 Å². The molecule has 0 atom stereocenters. The normalized spacial score (nSPS) is 16.8. The van der Waals surface area contributed by atoms with Gasteiger partial charge in [0.2, 0.25) is 0 Å². The van der Waals surface area contributed by atoms with Crippen molar-refractivity contribution in [1.29, 1.82) is 0 Å². The molecule has 2 aliphatic heterocycles. The average molecular weight is 395 g/mol. The summed E-state index contributed by atoms with van der Waals surface area (Å²) < 4.78 is 1.96. The number of anilines is 1. The molecule has 0 radical (unpaired) electrons. The highest BCUT2D eigenvalue weighted by atomic mass is 16.2. The Morgan fingerprint density at radius 1 is 0.966 bits per heavy atom. The van der Waals surface area contributed by atoms with E-state index in [0.717, 1.165) is 69.5 Å².